The lowest BCUT2D eigenvalue weighted by atomic mass is 10.2. The topological polar surface area (TPSA) is 34.1 Å². The maximum absolute atomic E-state index is 11.9. The van der Waals surface area contributed by atoms with Crippen LogP contribution in [0.5, 0.6) is 0 Å². The van der Waals surface area contributed by atoms with Crippen LogP contribution >= 0.6 is 0 Å². The van der Waals surface area contributed by atoms with Gasteiger partial charge in [-0.2, -0.15) is 0 Å². The molecule has 2 aromatic rings. The second kappa shape index (κ2) is 5.15. The molecule has 0 heterocycles. The van der Waals surface area contributed by atoms with Crippen LogP contribution in [0.15, 0.2) is 60.7 Å². The first-order valence-electron chi connectivity index (χ1n) is 5.32. The summed E-state index contributed by atoms with van der Waals surface area (Å²) < 4.78 is 23.8. The fourth-order valence-electron chi connectivity index (χ4n) is 1.59. The quantitative estimate of drug-likeness (QED) is 0.830. The maximum Gasteiger partial charge on any atom is 0.163 e. The van der Waals surface area contributed by atoms with E-state index in [0.717, 1.165) is 5.56 Å². The van der Waals surface area contributed by atoms with Crippen LogP contribution in [0.2, 0.25) is 0 Å². The van der Waals surface area contributed by atoms with E-state index in [1.807, 2.05) is 48.5 Å². The number of rotatable bonds is 4. The van der Waals surface area contributed by atoms with Gasteiger partial charge < -0.3 is 0 Å². The molecule has 0 aliphatic rings. The SMILES string of the molecule is O=S(=O)([CH]c1ccccc1)Cc1ccccc1. The summed E-state index contributed by atoms with van der Waals surface area (Å²) in [5.41, 5.74) is 1.52. The molecule has 0 aliphatic heterocycles. The Kier molecular flexibility index (Phi) is 3.59. The standard InChI is InChI=1S/C14H13O2S/c15-17(16,11-13-7-3-1-4-8-13)12-14-9-5-2-6-10-14/h1-11H,12H2. The summed E-state index contributed by atoms with van der Waals surface area (Å²) in [6, 6.07) is 18.3. The molecule has 0 saturated heterocycles. The summed E-state index contributed by atoms with van der Waals surface area (Å²) >= 11 is 0. The molecule has 2 aromatic carbocycles. The van der Waals surface area contributed by atoms with Gasteiger partial charge in [-0.05, 0) is 11.1 Å². The molecule has 0 fully saturated rings. The average Bonchev–Trinajstić information content (AvgIpc) is 2.30. The minimum atomic E-state index is -3.21. The van der Waals surface area contributed by atoms with E-state index in [9.17, 15) is 8.42 Å². The van der Waals surface area contributed by atoms with Crippen molar-refractivity contribution in [3.05, 3.63) is 77.5 Å². The van der Waals surface area contributed by atoms with Crippen molar-refractivity contribution in [2.24, 2.45) is 0 Å². The van der Waals surface area contributed by atoms with E-state index in [0.29, 0.717) is 5.56 Å². The number of benzene rings is 2. The van der Waals surface area contributed by atoms with Gasteiger partial charge in [-0.15, -0.1) is 0 Å². The lowest BCUT2D eigenvalue weighted by molar-refractivity contribution is 0.601. The Morgan fingerprint density at radius 1 is 0.824 bits per heavy atom. The lowest BCUT2D eigenvalue weighted by Crippen LogP contribution is -2.05. The van der Waals surface area contributed by atoms with Crippen molar-refractivity contribution >= 4 is 9.84 Å². The minimum Gasteiger partial charge on any atom is -0.228 e. The van der Waals surface area contributed by atoms with Gasteiger partial charge >= 0.3 is 0 Å². The Labute approximate surface area is 102 Å². The largest absolute Gasteiger partial charge is 0.228 e. The van der Waals surface area contributed by atoms with Gasteiger partial charge in [-0.25, -0.2) is 8.42 Å². The zero-order chi connectivity index (χ0) is 12.1. The molecule has 0 unspecified atom stereocenters. The van der Waals surface area contributed by atoms with E-state index in [2.05, 4.69) is 0 Å². The van der Waals surface area contributed by atoms with E-state index in [-0.39, 0.29) is 5.75 Å². The van der Waals surface area contributed by atoms with Crippen molar-refractivity contribution in [3.8, 4) is 0 Å². The van der Waals surface area contributed by atoms with E-state index >= 15 is 0 Å². The third-order valence-corrected chi connectivity index (χ3v) is 3.69. The first-order valence-corrected chi connectivity index (χ1v) is 7.04. The second-order valence-corrected chi connectivity index (χ2v) is 5.67. The summed E-state index contributed by atoms with van der Waals surface area (Å²) in [5, 5.41) is 0. The molecule has 0 saturated carbocycles. The fourth-order valence-corrected chi connectivity index (χ4v) is 2.90. The molecule has 0 aliphatic carbocycles. The van der Waals surface area contributed by atoms with Gasteiger partial charge in [0, 0.05) is 0 Å². The summed E-state index contributed by atoms with van der Waals surface area (Å²) in [7, 11) is -3.21. The zero-order valence-electron chi connectivity index (χ0n) is 9.28. The number of hydrogen-bond donors (Lipinski definition) is 0. The van der Waals surface area contributed by atoms with Crippen molar-refractivity contribution in [3.63, 3.8) is 0 Å². The molecule has 0 N–H and O–H groups in total. The van der Waals surface area contributed by atoms with E-state index < -0.39 is 9.84 Å². The molecule has 0 bridgehead atoms. The van der Waals surface area contributed by atoms with E-state index in [1.54, 1.807) is 12.1 Å². The van der Waals surface area contributed by atoms with Crippen LogP contribution in [-0.2, 0) is 15.6 Å². The number of hydrogen-bond acceptors (Lipinski definition) is 2. The van der Waals surface area contributed by atoms with Crippen molar-refractivity contribution in [1.82, 2.24) is 0 Å². The normalized spacial score (nSPS) is 11.3. The molecule has 3 heteroatoms. The van der Waals surface area contributed by atoms with Crippen LogP contribution in [0, 0.1) is 5.75 Å². The third kappa shape index (κ3) is 3.71. The van der Waals surface area contributed by atoms with Gasteiger partial charge in [0.15, 0.2) is 9.84 Å². The number of sulfone groups is 1. The molecule has 87 valence electrons. The Balaban J connectivity index is 2.11. The lowest BCUT2D eigenvalue weighted by Gasteiger charge is -2.03. The van der Waals surface area contributed by atoms with E-state index in [1.165, 1.54) is 5.75 Å². The van der Waals surface area contributed by atoms with Crippen LogP contribution in [0.3, 0.4) is 0 Å². The molecule has 0 atom stereocenters. The molecule has 2 rings (SSSR count). The van der Waals surface area contributed by atoms with Crippen molar-refractivity contribution in [2.75, 3.05) is 0 Å². The van der Waals surface area contributed by atoms with Crippen molar-refractivity contribution in [2.45, 2.75) is 5.75 Å². The van der Waals surface area contributed by atoms with Crippen molar-refractivity contribution in [1.29, 1.82) is 0 Å². The van der Waals surface area contributed by atoms with Gasteiger partial charge in [0.1, 0.15) is 5.75 Å². The summed E-state index contributed by atoms with van der Waals surface area (Å²) in [5.74, 6) is 1.36. The Morgan fingerprint density at radius 3 is 1.94 bits per heavy atom. The molecule has 0 aromatic heterocycles. The highest BCUT2D eigenvalue weighted by Gasteiger charge is 2.13. The van der Waals surface area contributed by atoms with Gasteiger partial charge in [0.05, 0.1) is 5.75 Å². The highest BCUT2D eigenvalue weighted by molar-refractivity contribution is 7.92. The molecular weight excluding hydrogens is 232 g/mol. The summed E-state index contributed by atoms with van der Waals surface area (Å²) in [6.45, 7) is 0. The van der Waals surface area contributed by atoms with E-state index in [4.69, 9.17) is 0 Å². The highest BCUT2D eigenvalue weighted by atomic mass is 32.2. The first-order chi connectivity index (χ1) is 8.16. The monoisotopic (exact) mass is 245 g/mol. The third-order valence-electron chi connectivity index (χ3n) is 2.33. The van der Waals surface area contributed by atoms with Crippen LogP contribution in [-0.4, -0.2) is 8.42 Å². The Morgan fingerprint density at radius 2 is 1.35 bits per heavy atom. The molecule has 1 radical (unpaired) electrons. The molecule has 0 amide bonds. The summed E-state index contributed by atoms with van der Waals surface area (Å²) in [4.78, 5) is 0. The van der Waals surface area contributed by atoms with Gasteiger partial charge in [0.25, 0.3) is 0 Å². The van der Waals surface area contributed by atoms with Gasteiger partial charge in [-0.1, -0.05) is 60.7 Å². The van der Waals surface area contributed by atoms with Gasteiger partial charge in [-0.3, -0.25) is 0 Å². The van der Waals surface area contributed by atoms with Crippen LogP contribution in [0.4, 0.5) is 0 Å². The zero-order valence-corrected chi connectivity index (χ0v) is 10.1. The van der Waals surface area contributed by atoms with Crippen LogP contribution in [0.1, 0.15) is 11.1 Å². The molecule has 2 nitrogen and oxygen atoms in total. The fraction of sp³-hybridized carbons (Fsp3) is 0.0714. The van der Waals surface area contributed by atoms with Gasteiger partial charge in [0.2, 0.25) is 0 Å². The minimum absolute atomic E-state index is 0.0444. The average molecular weight is 245 g/mol. The predicted octanol–water partition coefficient (Wildman–Crippen LogP) is 2.81. The summed E-state index contributed by atoms with van der Waals surface area (Å²) in [6.07, 6.45) is 0. The molecule has 17 heavy (non-hydrogen) atoms. The Hall–Kier alpha value is -1.61. The predicted molar refractivity (Wildman–Crippen MR) is 68.9 cm³/mol. The molecular formula is C14H13O2S. The smallest absolute Gasteiger partial charge is 0.163 e. The first kappa shape index (κ1) is 11.9. The van der Waals surface area contributed by atoms with Crippen molar-refractivity contribution < 1.29 is 8.42 Å². The Bertz CT molecular complexity index is 512. The molecule has 0 spiro atoms. The highest BCUT2D eigenvalue weighted by Crippen LogP contribution is 2.13. The maximum atomic E-state index is 11.9. The second-order valence-electron chi connectivity index (χ2n) is 3.82. The van der Waals surface area contributed by atoms with Crippen LogP contribution in [0.25, 0.3) is 0 Å². The van der Waals surface area contributed by atoms with Crippen LogP contribution < -0.4 is 0 Å².